The third kappa shape index (κ3) is 15.6. The standard InChI is InChI=1S/C16H29N3O8/c20-9-11-27-10-6-13(21)17-7-2-1-3-8-18-16(26)19-12(15(24)25)4-5-14(22)23/h12,20H,1-11H2,(H,17,21)(H,22,23)(H,24,25)(H2,18,19,26). The third-order valence-corrected chi connectivity index (χ3v) is 3.42. The van der Waals surface area contributed by atoms with Crippen LogP contribution in [0, 0.1) is 0 Å². The second kappa shape index (κ2) is 15.8. The van der Waals surface area contributed by atoms with Crippen molar-refractivity contribution in [1.29, 1.82) is 0 Å². The van der Waals surface area contributed by atoms with Crippen molar-refractivity contribution in [2.75, 3.05) is 32.9 Å². The Kier molecular flexibility index (Phi) is 14.4. The Hall–Kier alpha value is -2.40. The summed E-state index contributed by atoms with van der Waals surface area (Å²) in [5, 5.41) is 33.5. The van der Waals surface area contributed by atoms with Gasteiger partial charge in [0.2, 0.25) is 5.91 Å². The van der Waals surface area contributed by atoms with Crippen molar-refractivity contribution in [1.82, 2.24) is 16.0 Å². The minimum absolute atomic E-state index is 0.0764. The topological polar surface area (TPSA) is 174 Å². The zero-order valence-corrected chi connectivity index (χ0v) is 15.2. The molecular formula is C16H29N3O8. The van der Waals surface area contributed by atoms with Gasteiger partial charge in [0.25, 0.3) is 0 Å². The Balaban J connectivity index is 3.68. The van der Waals surface area contributed by atoms with Gasteiger partial charge in [0.15, 0.2) is 0 Å². The summed E-state index contributed by atoms with van der Waals surface area (Å²) < 4.78 is 4.98. The number of urea groups is 1. The Morgan fingerprint density at radius 3 is 2.15 bits per heavy atom. The molecular weight excluding hydrogens is 362 g/mol. The molecule has 0 radical (unpaired) electrons. The molecule has 1 atom stereocenters. The van der Waals surface area contributed by atoms with Crippen molar-refractivity contribution in [2.45, 2.75) is 44.6 Å². The summed E-state index contributed by atoms with van der Waals surface area (Å²) >= 11 is 0. The molecule has 0 spiro atoms. The summed E-state index contributed by atoms with van der Waals surface area (Å²) in [6.45, 7) is 1.23. The lowest BCUT2D eigenvalue weighted by molar-refractivity contribution is -0.140. The maximum absolute atomic E-state index is 11.6. The predicted octanol–water partition coefficient (Wildman–Crippen LogP) is -0.711. The largest absolute Gasteiger partial charge is 0.481 e. The number of hydrogen-bond acceptors (Lipinski definition) is 6. The number of nitrogens with one attached hydrogen (secondary N) is 3. The van der Waals surface area contributed by atoms with Crippen LogP contribution in [0.4, 0.5) is 4.79 Å². The number of aliphatic hydroxyl groups excluding tert-OH is 1. The second-order valence-corrected chi connectivity index (χ2v) is 5.72. The van der Waals surface area contributed by atoms with Gasteiger partial charge in [-0.2, -0.15) is 0 Å². The fourth-order valence-electron chi connectivity index (χ4n) is 2.01. The average molecular weight is 391 g/mol. The Morgan fingerprint density at radius 1 is 0.889 bits per heavy atom. The van der Waals surface area contributed by atoms with Crippen molar-refractivity contribution in [2.24, 2.45) is 0 Å². The highest BCUT2D eigenvalue weighted by Crippen LogP contribution is 1.98. The van der Waals surface area contributed by atoms with E-state index in [4.69, 9.17) is 20.1 Å². The lowest BCUT2D eigenvalue weighted by Gasteiger charge is -2.14. The first-order valence-corrected chi connectivity index (χ1v) is 8.81. The van der Waals surface area contributed by atoms with E-state index in [1.807, 2.05) is 0 Å². The van der Waals surface area contributed by atoms with E-state index in [9.17, 15) is 19.2 Å². The molecule has 0 rings (SSSR count). The number of carbonyl (C=O) groups excluding carboxylic acids is 2. The summed E-state index contributed by atoms with van der Waals surface area (Å²) in [5.41, 5.74) is 0. The van der Waals surface area contributed by atoms with E-state index >= 15 is 0 Å². The Morgan fingerprint density at radius 2 is 1.56 bits per heavy atom. The second-order valence-electron chi connectivity index (χ2n) is 5.72. The lowest BCUT2D eigenvalue weighted by Crippen LogP contribution is -2.46. The van der Waals surface area contributed by atoms with Gasteiger partial charge in [0.1, 0.15) is 6.04 Å². The van der Waals surface area contributed by atoms with E-state index in [-0.39, 0.29) is 45.0 Å². The van der Waals surface area contributed by atoms with Gasteiger partial charge < -0.3 is 36.0 Å². The predicted molar refractivity (Wildman–Crippen MR) is 94.2 cm³/mol. The molecule has 156 valence electrons. The minimum Gasteiger partial charge on any atom is -0.481 e. The van der Waals surface area contributed by atoms with Crippen molar-refractivity contribution in [3.8, 4) is 0 Å². The number of rotatable bonds is 16. The van der Waals surface area contributed by atoms with Gasteiger partial charge in [-0.15, -0.1) is 0 Å². The van der Waals surface area contributed by atoms with Crippen LogP contribution in [0.1, 0.15) is 38.5 Å². The van der Waals surface area contributed by atoms with E-state index in [1.165, 1.54) is 0 Å². The van der Waals surface area contributed by atoms with Gasteiger partial charge in [-0.1, -0.05) is 0 Å². The Bertz CT molecular complexity index is 473. The van der Waals surface area contributed by atoms with Gasteiger partial charge in [-0.05, 0) is 25.7 Å². The molecule has 11 heteroatoms. The molecule has 0 aliphatic rings. The molecule has 1 unspecified atom stereocenters. The van der Waals surface area contributed by atoms with Crippen LogP contribution in [0.2, 0.25) is 0 Å². The van der Waals surface area contributed by atoms with Crippen LogP contribution in [0.15, 0.2) is 0 Å². The first kappa shape index (κ1) is 24.6. The van der Waals surface area contributed by atoms with Gasteiger partial charge >= 0.3 is 18.0 Å². The zero-order valence-electron chi connectivity index (χ0n) is 15.2. The highest BCUT2D eigenvalue weighted by Gasteiger charge is 2.20. The fraction of sp³-hybridized carbons (Fsp3) is 0.750. The van der Waals surface area contributed by atoms with Crippen LogP contribution < -0.4 is 16.0 Å². The highest BCUT2D eigenvalue weighted by atomic mass is 16.5. The van der Waals surface area contributed by atoms with Gasteiger partial charge in [0.05, 0.1) is 19.8 Å². The molecule has 0 aromatic rings. The lowest BCUT2D eigenvalue weighted by atomic mass is 10.1. The monoisotopic (exact) mass is 391 g/mol. The van der Waals surface area contributed by atoms with Crippen molar-refractivity contribution >= 4 is 23.9 Å². The van der Waals surface area contributed by atoms with E-state index < -0.39 is 24.0 Å². The zero-order chi connectivity index (χ0) is 20.5. The fourth-order valence-corrected chi connectivity index (χ4v) is 2.01. The van der Waals surface area contributed by atoms with Gasteiger partial charge in [0, 0.05) is 25.9 Å². The first-order chi connectivity index (χ1) is 12.9. The molecule has 0 fully saturated rings. The van der Waals surface area contributed by atoms with Crippen LogP contribution in [0.5, 0.6) is 0 Å². The third-order valence-electron chi connectivity index (χ3n) is 3.42. The summed E-state index contributed by atoms with van der Waals surface area (Å²) in [4.78, 5) is 44.5. The molecule has 3 amide bonds. The molecule has 0 bridgehead atoms. The molecule has 27 heavy (non-hydrogen) atoms. The molecule has 0 aliphatic heterocycles. The van der Waals surface area contributed by atoms with Crippen molar-refractivity contribution < 1.29 is 39.2 Å². The Labute approximate surface area is 157 Å². The summed E-state index contributed by atoms with van der Waals surface area (Å²) in [7, 11) is 0. The van der Waals surface area contributed by atoms with E-state index in [2.05, 4.69) is 16.0 Å². The maximum Gasteiger partial charge on any atom is 0.326 e. The number of carboxylic acids is 2. The van der Waals surface area contributed by atoms with E-state index in [1.54, 1.807) is 0 Å². The number of ether oxygens (including phenoxy) is 1. The first-order valence-electron chi connectivity index (χ1n) is 8.81. The number of unbranched alkanes of at least 4 members (excludes halogenated alkanes) is 2. The number of aliphatic carboxylic acids is 2. The SMILES string of the molecule is O=C(O)CCC(NC(=O)NCCCCCNC(=O)CCOCCO)C(=O)O. The quantitative estimate of drug-likeness (QED) is 0.187. The molecule has 11 nitrogen and oxygen atoms in total. The highest BCUT2D eigenvalue weighted by molar-refractivity contribution is 5.83. The van der Waals surface area contributed by atoms with Crippen molar-refractivity contribution in [3.63, 3.8) is 0 Å². The minimum atomic E-state index is -1.29. The summed E-state index contributed by atoms with van der Waals surface area (Å²) in [6.07, 6.45) is 1.81. The normalized spacial score (nSPS) is 11.4. The van der Waals surface area contributed by atoms with E-state index in [0.717, 1.165) is 12.8 Å². The molecule has 0 aliphatic carbocycles. The molecule has 0 saturated carbocycles. The number of carboxylic acid groups (broad SMARTS) is 2. The summed E-state index contributed by atoms with van der Waals surface area (Å²) in [5.74, 6) is -2.55. The van der Waals surface area contributed by atoms with Crippen LogP contribution in [0.3, 0.4) is 0 Å². The molecule has 6 N–H and O–H groups in total. The van der Waals surface area contributed by atoms with Crippen LogP contribution in [-0.4, -0.2) is 78.1 Å². The molecule has 0 saturated heterocycles. The number of amides is 3. The molecule has 0 heterocycles. The van der Waals surface area contributed by atoms with Crippen LogP contribution >= 0.6 is 0 Å². The number of aliphatic hydroxyl groups is 1. The molecule has 0 aromatic carbocycles. The van der Waals surface area contributed by atoms with Gasteiger partial charge in [-0.3, -0.25) is 9.59 Å². The average Bonchev–Trinajstić information content (AvgIpc) is 2.61. The maximum atomic E-state index is 11.6. The molecule has 0 aromatic heterocycles. The number of carbonyl (C=O) groups is 4. The van der Waals surface area contributed by atoms with Gasteiger partial charge in [-0.25, -0.2) is 9.59 Å². The van der Waals surface area contributed by atoms with E-state index in [0.29, 0.717) is 19.5 Å². The summed E-state index contributed by atoms with van der Waals surface area (Å²) in [6, 6.07) is -1.92. The van der Waals surface area contributed by atoms with Crippen LogP contribution in [0.25, 0.3) is 0 Å². The smallest absolute Gasteiger partial charge is 0.326 e. The van der Waals surface area contributed by atoms with Crippen LogP contribution in [-0.2, 0) is 19.1 Å². The van der Waals surface area contributed by atoms with Crippen molar-refractivity contribution in [3.05, 3.63) is 0 Å². The number of hydrogen-bond donors (Lipinski definition) is 6.